The molecule has 0 aliphatic heterocycles. The van der Waals surface area contributed by atoms with E-state index in [1.807, 2.05) is 19.1 Å². The van der Waals surface area contributed by atoms with Crippen molar-refractivity contribution in [2.75, 3.05) is 6.54 Å². The van der Waals surface area contributed by atoms with Gasteiger partial charge in [-0.2, -0.15) is 5.26 Å². The molecule has 3 nitrogen and oxygen atoms in total. The summed E-state index contributed by atoms with van der Waals surface area (Å²) in [6.07, 6.45) is 12.4. The largest absolute Gasteiger partial charge is 0.378 e. The van der Waals surface area contributed by atoms with E-state index in [-0.39, 0.29) is 17.8 Å². The van der Waals surface area contributed by atoms with Gasteiger partial charge < -0.3 is 5.11 Å². The highest BCUT2D eigenvalue weighted by Gasteiger charge is 2.38. The Morgan fingerprint density at radius 1 is 1.29 bits per heavy atom. The first-order valence-electron chi connectivity index (χ1n) is 12.6. The number of rotatable bonds is 11. The van der Waals surface area contributed by atoms with Crippen molar-refractivity contribution < 1.29 is 9.50 Å². The van der Waals surface area contributed by atoms with Crippen LogP contribution in [0.1, 0.15) is 86.0 Å². The SMILES string of the molecule is CCC1C=C(C)C(C(O)NCCC(F)(CC)C2C=CC(C#N)CC2)CC1CCC(C)C. The second kappa shape index (κ2) is 12.2. The zero-order valence-corrected chi connectivity index (χ0v) is 20.4. The van der Waals surface area contributed by atoms with E-state index in [0.717, 1.165) is 25.7 Å². The third-order valence-electron chi connectivity index (χ3n) is 7.87. The molecule has 0 aromatic carbocycles. The summed E-state index contributed by atoms with van der Waals surface area (Å²) in [6, 6.07) is 2.26. The fraction of sp³-hybridized carbons (Fsp3) is 0.815. The van der Waals surface area contributed by atoms with Gasteiger partial charge >= 0.3 is 0 Å². The van der Waals surface area contributed by atoms with Crippen LogP contribution in [0.4, 0.5) is 4.39 Å². The lowest BCUT2D eigenvalue weighted by Gasteiger charge is -2.38. The summed E-state index contributed by atoms with van der Waals surface area (Å²) in [5.41, 5.74) is -0.0128. The molecule has 0 heterocycles. The Morgan fingerprint density at radius 2 is 2.03 bits per heavy atom. The summed E-state index contributed by atoms with van der Waals surface area (Å²) < 4.78 is 15.7. The van der Waals surface area contributed by atoms with Crippen LogP contribution in [0.5, 0.6) is 0 Å². The molecular weight excluding hydrogens is 387 g/mol. The maximum atomic E-state index is 15.7. The van der Waals surface area contributed by atoms with Gasteiger partial charge in [0.15, 0.2) is 0 Å². The van der Waals surface area contributed by atoms with Crippen molar-refractivity contribution in [3.05, 3.63) is 23.8 Å². The minimum absolute atomic E-state index is 0.0750. The Balaban J connectivity index is 1.93. The van der Waals surface area contributed by atoms with Crippen molar-refractivity contribution in [3.8, 4) is 6.07 Å². The van der Waals surface area contributed by atoms with E-state index < -0.39 is 11.9 Å². The van der Waals surface area contributed by atoms with Gasteiger partial charge in [0.25, 0.3) is 0 Å². The van der Waals surface area contributed by atoms with E-state index in [9.17, 15) is 5.11 Å². The average Bonchev–Trinajstić information content (AvgIpc) is 2.77. The van der Waals surface area contributed by atoms with Crippen LogP contribution in [0, 0.1) is 46.8 Å². The number of allylic oxidation sites excluding steroid dienone is 3. The molecule has 31 heavy (non-hydrogen) atoms. The topological polar surface area (TPSA) is 56.0 Å². The van der Waals surface area contributed by atoms with Crippen LogP contribution < -0.4 is 5.32 Å². The number of hydrogen-bond donors (Lipinski definition) is 2. The summed E-state index contributed by atoms with van der Waals surface area (Å²) in [6.45, 7) is 11.3. The zero-order valence-electron chi connectivity index (χ0n) is 20.4. The molecule has 0 spiro atoms. The second-order valence-electron chi connectivity index (χ2n) is 10.4. The molecule has 7 atom stereocenters. The van der Waals surface area contributed by atoms with Gasteiger partial charge in [-0.3, -0.25) is 5.32 Å². The molecule has 0 amide bonds. The highest BCUT2D eigenvalue weighted by atomic mass is 19.1. The minimum Gasteiger partial charge on any atom is -0.378 e. The maximum Gasteiger partial charge on any atom is 0.118 e. The molecule has 2 aliphatic rings. The Bertz CT molecular complexity index is 652. The normalized spacial score (nSPS) is 31.7. The van der Waals surface area contributed by atoms with E-state index in [1.54, 1.807) is 0 Å². The Hall–Kier alpha value is -1.18. The minimum atomic E-state index is -1.28. The molecule has 2 aliphatic carbocycles. The monoisotopic (exact) mass is 432 g/mol. The van der Waals surface area contributed by atoms with Gasteiger partial charge in [0.05, 0.1) is 12.0 Å². The van der Waals surface area contributed by atoms with Crippen LogP contribution in [-0.2, 0) is 0 Å². The van der Waals surface area contributed by atoms with Crippen LogP contribution in [0.2, 0.25) is 0 Å². The summed E-state index contributed by atoms with van der Waals surface area (Å²) in [4.78, 5) is 0. The van der Waals surface area contributed by atoms with Gasteiger partial charge in [-0.1, -0.05) is 57.9 Å². The molecule has 2 rings (SSSR count). The lowest BCUT2D eigenvalue weighted by atomic mass is 9.71. The van der Waals surface area contributed by atoms with Gasteiger partial charge in [0, 0.05) is 18.4 Å². The van der Waals surface area contributed by atoms with Crippen LogP contribution >= 0.6 is 0 Å². The standard InChI is InChI=1S/C27H45FN2O/c1-6-22-16-20(5)25(17-23(22)11-8-19(3)4)26(31)30-15-14-27(28,7-2)24-12-9-21(18-29)10-13-24/h9,12,16,19,21-26,30-31H,6-8,10-11,13-15,17H2,1-5H3. The lowest BCUT2D eigenvalue weighted by molar-refractivity contribution is 0.0461. The Kier molecular flexibility index (Phi) is 10.2. The Morgan fingerprint density at radius 3 is 2.58 bits per heavy atom. The predicted octanol–water partition coefficient (Wildman–Crippen LogP) is 6.55. The number of alkyl halides is 1. The number of hydrogen-bond acceptors (Lipinski definition) is 3. The van der Waals surface area contributed by atoms with Crippen LogP contribution in [0.15, 0.2) is 23.8 Å². The van der Waals surface area contributed by atoms with Gasteiger partial charge in [-0.15, -0.1) is 0 Å². The number of nitriles is 1. The molecule has 0 aromatic rings. The summed E-state index contributed by atoms with van der Waals surface area (Å²) in [5.74, 6) is 1.83. The summed E-state index contributed by atoms with van der Waals surface area (Å²) in [7, 11) is 0. The molecular formula is C27H45FN2O. The third kappa shape index (κ3) is 7.16. The molecule has 176 valence electrons. The van der Waals surface area contributed by atoms with E-state index in [0.29, 0.717) is 37.1 Å². The molecule has 0 aromatic heterocycles. The van der Waals surface area contributed by atoms with Crippen molar-refractivity contribution >= 4 is 0 Å². The molecule has 0 bridgehead atoms. The van der Waals surface area contributed by atoms with Crippen molar-refractivity contribution in [2.24, 2.45) is 35.5 Å². The Labute approximate surface area is 190 Å². The first-order valence-corrected chi connectivity index (χ1v) is 12.6. The first-order chi connectivity index (χ1) is 14.7. The van der Waals surface area contributed by atoms with Crippen molar-refractivity contribution in [1.29, 1.82) is 5.26 Å². The van der Waals surface area contributed by atoms with E-state index >= 15 is 4.39 Å². The highest BCUT2D eigenvalue weighted by molar-refractivity contribution is 5.13. The number of nitrogens with one attached hydrogen (secondary N) is 1. The number of halogens is 1. The fourth-order valence-electron chi connectivity index (χ4n) is 5.55. The van der Waals surface area contributed by atoms with Gasteiger partial charge in [-0.05, 0) is 69.6 Å². The van der Waals surface area contributed by atoms with Gasteiger partial charge in [-0.25, -0.2) is 4.39 Å². The van der Waals surface area contributed by atoms with Crippen LogP contribution in [-0.4, -0.2) is 23.5 Å². The van der Waals surface area contributed by atoms with Crippen molar-refractivity contribution in [2.45, 2.75) is 97.9 Å². The quantitative estimate of drug-likeness (QED) is 0.287. The molecule has 4 heteroatoms. The highest BCUT2D eigenvalue weighted by Crippen LogP contribution is 2.40. The molecule has 0 saturated heterocycles. The number of aliphatic hydroxyl groups excluding tert-OH is 1. The lowest BCUT2D eigenvalue weighted by Crippen LogP contribution is -2.43. The van der Waals surface area contributed by atoms with Crippen LogP contribution in [0.25, 0.3) is 0 Å². The van der Waals surface area contributed by atoms with Crippen molar-refractivity contribution in [3.63, 3.8) is 0 Å². The number of nitrogens with zero attached hydrogens (tertiary/aromatic N) is 1. The second-order valence-corrected chi connectivity index (χ2v) is 10.4. The van der Waals surface area contributed by atoms with E-state index in [4.69, 9.17) is 5.26 Å². The predicted molar refractivity (Wildman–Crippen MR) is 127 cm³/mol. The molecule has 0 radical (unpaired) electrons. The molecule has 7 unspecified atom stereocenters. The van der Waals surface area contributed by atoms with Gasteiger partial charge in [0.2, 0.25) is 0 Å². The number of aliphatic hydroxyl groups is 1. The van der Waals surface area contributed by atoms with Crippen molar-refractivity contribution in [1.82, 2.24) is 5.32 Å². The van der Waals surface area contributed by atoms with E-state index in [2.05, 4.69) is 45.2 Å². The van der Waals surface area contributed by atoms with E-state index in [1.165, 1.54) is 18.4 Å². The zero-order chi connectivity index (χ0) is 23.0. The first kappa shape index (κ1) is 26.1. The molecule has 2 N–H and O–H groups in total. The smallest absolute Gasteiger partial charge is 0.118 e. The summed E-state index contributed by atoms with van der Waals surface area (Å²) >= 11 is 0. The summed E-state index contributed by atoms with van der Waals surface area (Å²) in [5, 5.41) is 23.2. The van der Waals surface area contributed by atoms with Gasteiger partial charge in [0.1, 0.15) is 11.9 Å². The third-order valence-corrected chi connectivity index (χ3v) is 7.87. The molecule has 0 saturated carbocycles. The maximum absolute atomic E-state index is 15.7. The molecule has 0 fully saturated rings. The van der Waals surface area contributed by atoms with Crippen LogP contribution in [0.3, 0.4) is 0 Å². The fourth-order valence-corrected chi connectivity index (χ4v) is 5.55. The average molecular weight is 433 g/mol.